The molecule has 34 heavy (non-hydrogen) atoms. The second kappa shape index (κ2) is 8.57. The Hall–Kier alpha value is -3.14. The van der Waals surface area contributed by atoms with E-state index < -0.39 is 23.6 Å². The molecule has 0 bridgehead atoms. The fraction of sp³-hybridized carbons (Fsp3) is 0.458. The van der Waals surface area contributed by atoms with Crippen LogP contribution in [0.3, 0.4) is 0 Å². The normalized spacial score (nSPS) is 18.2. The summed E-state index contributed by atoms with van der Waals surface area (Å²) >= 11 is 0. The van der Waals surface area contributed by atoms with Gasteiger partial charge in [-0.2, -0.15) is 18.3 Å². The van der Waals surface area contributed by atoms with Crippen LogP contribution in [0.15, 0.2) is 24.3 Å². The highest BCUT2D eigenvalue weighted by molar-refractivity contribution is 5.83. The molecule has 1 saturated heterocycles. The number of carbonyl (C=O) groups is 1. The molecular formula is C24H27F3N4O3. The van der Waals surface area contributed by atoms with Gasteiger partial charge in [-0.3, -0.25) is 9.48 Å². The number of hydrogen-bond acceptors (Lipinski definition) is 5. The summed E-state index contributed by atoms with van der Waals surface area (Å²) in [7, 11) is 0. The lowest BCUT2D eigenvalue weighted by Crippen LogP contribution is -2.45. The number of amides is 1. The van der Waals surface area contributed by atoms with E-state index in [2.05, 4.69) is 10.1 Å². The monoisotopic (exact) mass is 476 g/mol. The zero-order valence-electron chi connectivity index (χ0n) is 19.4. The number of piperidine rings is 1. The Kier molecular flexibility index (Phi) is 6.05. The van der Waals surface area contributed by atoms with Crippen molar-refractivity contribution in [3.05, 3.63) is 41.1 Å². The topological polar surface area (TPSA) is 91.5 Å². The van der Waals surface area contributed by atoms with Crippen LogP contribution in [0, 0.1) is 6.92 Å². The number of aromatic nitrogens is 3. The van der Waals surface area contributed by atoms with Crippen molar-refractivity contribution in [2.75, 3.05) is 6.54 Å². The van der Waals surface area contributed by atoms with Gasteiger partial charge < -0.3 is 15.1 Å². The molecule has 3 aromatic rings. The number of aliphatic hydroxyl groups is 1. The van der Waals surface area contributed by atoms with Crippen LogP contribution in [0.2, 0.25) is 0 Å². The Morgan fingerprint density at radius 2 is 1.88 bits per heavy atom. The number of nitrogens with zero attached hydrogens (tertiary/aromatic N) is 4. The number of phenolic OH excluding ortho intramolecular Hbond substituents is 1. The molecule has 0 spiro atoms. The van der Waals surface area contributed by atoms with Crippen LogP contribution in [-0.4, -0.2) is 48.4 Å². The van der Waals surface area contributed by atoms with Crippen molar-refractivity contribution < 1.29 is 28.2 Å². The van der Waals surface area contributed by atoms with Gasteiger partial charge in [0.1, 0.15) is 5.75 Å². The predicted molar refractivity (Wildman–Crippen MR) is 120 cm³/mol. The molecule has 0 saturated carbocycles. The Bertz CT molecular complexity index is 1230. The molecule has 10 heteroatoms. The molecule has 0 aliphatic carbocycles. The van der Waals surface area contributed by atoms with Crippen molar-refractivity contribution in [2.45, 2.75) is 64.9 Å². The van der Waals surface area contributed by atoms with E-state index in [-0.39, 0.29) is 34.8 Å². The number of rotatable bonds is 4. The average molecular weight is 476 g/mol. The molecule has 1 fully saturated rings. The number of hydrogen-bond donors (Lipinski definition) is 2. The molecule has 7 nitrogen and oxygen atoms in total. The van der Waals surface area contributed by atoms with Gasteiger partial charge in [-0.1, -0.05) is 0 Å². The average Bonchev–Trinajstić information content (AvgIpc) is 3.11. The molecule has 1 aromatic carbocycles. The largest absolute Gasteiger partial charge is 0.507 e. The zero-order valence-corrected chi connectivity index (χ0v) is 19.4. The second-order valence-corrected chi connectivity index (χ2v) is 9.09. The third kappa shape index (κ3) is 4.22. The number of aryl methyl sites for hydroxylation is 1. The first-order valence-corrected chi connectivity index (χ1v) is 11.2. The van der Waals surface area contributed by atoms with Crippen LogP contribution >= 0.6 is 0 Å². The van der Waals surface area contributed by atoms with Gasteiger partial charge >= 0.3 is 6.18 Å². The lowest BCUT2D eigenvalue weighted by Gasteiger charge is -2.36. The molecule has 0 unspecified atom stereocenters. The quantitative estimate of drug-likeness (QED) is 0.567. The van der Waals surface area contributed by atoms with E-state index >= 15 is 0 Å². The van der Waals surface area contributed by atoms with Crippen LogP contribution in [0.1, 0.15) is 62.6 Å². The predicted octanol–water partition coefficient (Wildman–Crippen LogP) is 4.76. The van der Waals surface area contributed by atoms with E-state index in [0.29, 0.717) is 42.2 Å². The first-order chi connectivity index (χ1) is 15.9. The van der Waals surface area contributed by atoms with Gasteiger partial charge in [-0.15, -0.1) is 0 Å². The first-order valence-electron chi connectivity index (χ1n) is 11.2. The molecule has 2 N–H and O–H groups in total. The number of aromatic hydroxyl groups is 1. The molecule has 1 aliphatic rings. The van der Waals surface area contributed by atoms with E-state index in [0.717, 1.165) is 6.07 Å². The van der Waals surface area contributed by atoms with E-state index in [9.17, 15) is 28.2 Å². The van der Waals surface area contributed by atoms with Crippen LogP contribution in [-0.2, 0) is 11.0 Å². The summed E-state index contributed by atoms with van der Waals surface area (Å²) in [5.41, 5.74) is 0.630. The summed E-state index contributed by atoms with van der Waals surface area (Å²) in [6.07, 6.45) is -4.49. The fourth-order valence-corrected chi connectivity index (χ4v) is 4.66. The lowest BCUT2D eigenvalue weighted by molar-refractivity contribution is -0.138. The Morgan fingerprint density at radius 3 is 2.47 bits per heavy atom. The smallest absolute Gasteiger partial charge is 0.416 e. The highest BCUT2D eigenvalue weighted by Crippen LogP contribution is 2.39. The number of likely N-dealkylation sites (tertiary alicyclic amines) is 1. The third-order valence-electron chi connectivity index (χ3n) is 6.28. The highest BCUT2D eigenvalue weighted by Gasteiger charge is 2.33. The van der Waals surface area contributed by atoms with E-state index in [4.69, 9.17) is 0 Å². The number of carbonyl (C=O) groups excluding carboxylic acids is 1. The fourth-order valence-electron chi connectivity index (χ4n) is 4.66. The molecule has 2 atom stereocenters. The number of benzene rings is 1. The number of fused-ring (bicyclic) bond motifs is 1. The summed E-state index contributed by atoms with van der Waals surface area (Å²) < 4.78 is 41.0. The molecule has 3 heterocycles. The summed E-state index contributed by atoms with van der Waals surface area (Å²) in [6, 6.07) is 4.84. The lowest BCUT2D eigenvalue weighted by atomic mass is 9.99. The number of phenols is 1. The molecule has 0 radical (unpaired) electrons. The molecule has 182 valence electrons. The maximum absolute atomic E-state index is 13.1. The van der Waals surface area contributed by atoms with Gasteiger partial charge in [0.2, 0.25) is 5.91 Å². The van der Waals surface area contributed by atoms with Crippen LogP contribution in [0.4, 0.5) is 13.2 Å². The standard InChI is InChI=1S/C24H27F3N4O3/c1-12(2)30-11-16(5-8-20(30)34)31-22(14(4)32)17-6-7-18(28-23(17)29-31)21-13(3)9-15(10-19(21)33)24(25,26)27/h6-7,9-10,12,14,16,32-33H,5,8,11H2,1-4H3/t14-,16+/m0/s1. The van der Waals surface area contributed by atoms with E-state index in [1.165, 1.54) is 6.92 Å². The van der Waals surface area contributed by atoms with Crippen molar-refractivity contribution in [3.8, 4) is 17.0 Å². The maximum atomic E-state index is 13.1. The van der Waals surface area contributed by atoms with Crippen LogP contribution < -0.4 is 0 Å². The van der Waals surface area contributed by atoms with Crippen molar-refractivity contribution in [2.24, 2.45) is 0 Å². The van der Waals surface area contributed by atoms with Crippen molar-refractivity contribution in [3.63, 3.8) is 0 Å². The minimum absolute atomic E-state index is 0.0330. The Morgan fingerprint density at radius 1 is 1.18 bits per heavy atom. The molecule has 1 amide bonds. The maximum Gasteiger partial charge on any atom is 0.416 e. The summed E-state index contributed by atoms with van der Waals surface area (Å²) in [4.78, 5) is 18.6. The van der Waals surface area contributed by atoms with Crippen LogP contribution in [0.25, 0.3) is 22.3 Å². The number of halogens is 3. The number of pyridine rings is 1. The first kappa shape index (κ1) is 24.0. The summed E-state index contributed by atoms with van der Waals surface area (Å²) in [5.74, 6) is -0.442. The molecule has 4 rings (SSSR count). The van der Waals surface area contributed by atoms with Gasteiger partial charge in [0.05, 0.1) is 29.1 Å². The SMILES string of the molecule is Cc1cc(C(F)(F)F)cc(O)c1-c1ccc2c([C@H](C)O)n([C@@H]3CCC(=O)N(C(C)C)C3)nc2n1. The molecule has 2 aromatic heterocycles. The van der Waals surface area contributed by atoms with Crippen molar-refractivity contribution in [1.82, 2.24) is 19.7 Å². The molecule has 1 aliphatic heterocycles. The van der Waals surface area contributed by atoms with Crippen molar-refractivity contribution >= 4 is 16.9 Å². The zero-order chi connectivity index (χ0) is 24.9. The Labute approximate surface area is 194 Å². The molecular weight excluding hydrogens is 449 g/mol. The van der Waals surface area contributed by atoms with E-state index in [1.54, 1.807) is 28.6 Å². The van der Waals surface area contributed by atoms with Gasteiger partial charge in [0, 0.05) is 30.0 Å². The summed E-state index contributed by atoms with van der Waals surface area (Å²) in [5, 5.41) is 26.1. The minimum atomic E-state index is -4.58. The number of aliphatic hydroxyl groups excluding tert-OH is 1. The highest BCUT2D eigenvalue weighted by atomic mass is 19.4. The summed E-state index contributed by atoms with van der Waals surface area (Å²) in [6.45, 7) is 7.45. The third-order valence-corrected chi connectivity index (χ3v) is 6.28. The van der Waals surface area contributed by atoms with Gasteiger partial charge in [-0.05, 0) is 63.9 Å². The van der Waals surface area contributed by atoms with Crippen LogP contribution in [0.5, 0.6) is 5.75 Å². The van der Waals surface area contributed by atoms with Gasteiger partial charge in [0.25, 0.3) is 0 Å². The number of alkyl halides is 3. The van der Waals surface area contributed by atoms with E-state index in [1.807, 2.05) is 13.8 Å². The van der Waals surface area contributed by atoms with Crippen molar-refractivity contribution in [1.29, 1.82) is 0 Å². The van der Waals surface area contributed by atoms with Gasteiger partial charge in [0.15, 0.2) is 5.65 Å². The second-order valence-electron chi connectivity index (χ2n) is 9.09. The Balaban J connectivity index is 1.80. The minimum Gasteiger partial charge on any atom is -0.507 e. The van der Waals surface area contributed by atoms with Gasteiger partial charge in [-0.25, -0.2) is 4.98 Å².